The van der Waals surface area contributed by atoms with Gasteiger partial charge in [0.2, 0.25) is 0 Å². The molecule has 2 aromatic carbocycles. The summed E-state index contributed by atoms with van der Waals surface area (Å²) in [4.78, 5) is 14.2. The van der Waals surface area contributed by atoms with Crippen LogP contribution >= 0.6 is 0 Å². The average Bonchev–Trinajstić information content (AvgIpc) is 2.83. The van der Waals surface area contributed by atoms with E-state index in [9.17, 15) is 4.79 Å². The van der Waals surface area contributed by atoms with Gasteiger partial charge in [0.05, 0.1) is 0 Å². The van der Waals surface area contributed by atoms with E-state index in [4.69, 9.17) is 0 Å². The topological polar surface area (TPSA) is 32.3 Å². The highest BCUT2D eigenvalue weighted by Gasteiger charge is 2.41. The van der Waals surface area contributed by atoms with E-state index in [1.165, 1.54) is 48.2 Å². The quantitative estimate of drug-likeness (QED) is 0.850. The van der Waals surface area contributed by atoms with E-state index >= 15 is 0 Å². The summed E-state index contributed by atoms with van der Waals surface area (Å²) in [5, 5.41) is 3.60. The van der Waals surface area contributed by atoms with Crippen molar-refractivity contribution in [2.24, 2.45) is 0 Å². The summed E-state index contributed by atoms with van der Waals surface area (Å²) in [6.45, 7) is 3.40. The van der Waals surface area contributed by atoms with Crippen molar-refractivity contribution in [1.29, 1.82) is 0 Å². The number of carbonyl (C=O) groups is 1. The minimum Gasteiger partial charge on any atom is -0.367 e. The number of fused-ring (bicyclic) bond motifs is 3. The fourth-order valence-electron chi connectivity index (χ4n) is 5.14. The molecule has 3 nitrogen and oxygen atoms in total. The third-order valence-electron chi connectivity index (χ3n) is 6.24. The number of piperidine rings is 1. The smallest absolute Gasteiger partial charge is 0.150 e. The first-order chi connectivity index (χ1) is 12.4. The second-order valence-electron chi connectivity index (χ2n) is 7.60. The lowest BCUT2D eigenvalue weighted by Gasteiger charge is -2.33. The molecule has 0 aliphatic carbocycles. The van der Waals surface area contributed by atoms with Gasteiger partial charge in [-0.05, 0) is 66.6 Å². The van der Waals surface area contributed by atoms with Gasteiger partial charge < -0.3 is 10.2 Å². The molecule has 0 saturated carbocycles. The highest BCUT2D eigenvalue weighted by molar-refractivity contribution is 5.89. The molecule has 1 saturated heterocycles. The molecule has 3 heteroatoms. The molecule has 128 valence electrons. The average molecular weight is 332 g/mol. The van der Waals surface area contributed by atoms with Crippen molar-refractivity contribution in [3.05, 3.63) is 53.1 Å². The summed E-state index contributed by atoms with van der Waals surface area (Å²) in [7, 11) is 0. The first-order valence-electron chi connectivity index (χ1n) is 9.55. The van der Waals surface area contributed by atoms with Crippen molar-refractivity contribution in [3.63, 3.8) is 0 Å². The van der Waals surface area contributed by atoms with Crippen molar-refractivity contribution in [2.75, 3.05) is 24.5 Å². The Morgan fingerprint density at radius 1 is 1.16 bits per heavy atom. The summed E-state index contributed by atoms with van der Waals surface area (Å²) in [5.41, 5.74) is 7.58. The van der Waals surface area contributed by atoms with Gasteiger partial charge in [-0.25, -0.2) is 0 Å². The molecule has 2 atom stereocenters. The Hall–Kier alpha value is -2.13. The first-order valence-corrected chi connectivity index (χ1v) is 9.55. The van der Waals surface area contributed by atoms with Crippen molar-refractivity contribution in [2.45, 2.75) is 37.6 Å². The number of nitrogens with zero attached hydrogens (tertiary/aromatic N) is 1. The maximum absolute atomic E-state index is 11.5. The molecule has 2 aromatic rings. The van der Waals surface area contributed by atoms with Crippen LogP contribution in [0.25, 0.3) is 11.1 Å². The molecule has 0 radical (unpaired) electrons. The Morgan fingerprint density at radius 3 is 3.00 bits per heavy atom. The van der Waals surface area contributed by atoms with E-state index in [0.29, 0.717) is 12.0 Å². The van der Waals surface area contributed by atoms with Gasteiger partial charge in [0.15, 0.2) is 6.29 Å². The lowest BCUT2D eigenvalue weighted by atomic mass is 9.86. The number of hydrogen-bond donors (Lipinski definition) is 1. The predicted octanol–water partition coefficient (Wildman–Crippen LogP) is 3.77. The van der Waals surface area contributed by atoms with E-state index in [1.807, 2.05) is 18.2 Å². The van der Waals surface area contributed by atoms with E-state index < -0.39 is 0 Å². The second kappa shape index (κ2) is 5.99. The van der Waals surface area contributed by atoms with E-state index in [-0.39, 0.29) is 0 Å². The molecule has 3 aliphatic heterocycles. The number of aryl methyl sites for hydroxylation is 1. The lowest BCUT2D eigenvalue weighted by molar-refractivity contribution is 0.112. The van der Waals surface area contributed by atoms with Gasteiger partial charge in [0.1, 0.15) is 0 Å². The molecule has 3 aliphatic rings. The number of aldehydes is 1. The Kier molecular flexibility index (Phi) is 3.63. The number of anilines is 1. The van der Waals surface area contributed by atoms with Crippen LogP contribution < -0.4 is 10.2 Å². The number of rotatable bonds is 2. The fourth-order valence-corrected chi connectivity index (χ4v) is 5.14. The van der Waals surface area contributed by atoms with Crippen LogP contribution in [0.1, 0.15) is 46.7 Å². The van der Waals surface area contributed by atoms with Crippen LogP contribution in [0.3, 0.4) is 0 Å². The first kappa shape index (κ1) is 15.2. The van der Waals surface area contributed by atoms with Crippen LogP contribution in [0.5, 0.6) is 0 Å². The zero-order valence-electron chi connectivity index (χ0n) is 14.5. The summed E-state index contributed by atoms with van der Waals surface area (Å²) in [5.74, 6) is 0.587. The normalized spacial score (nSPS) is 24.4. The monoisotopic (exact) mass is 332 g/mol. The molecule has 0 spiro atoms. The van der Waals surface area contributed by atoms with Gasteiger partial charge in [-0.3, -0.25) is 4.79 Å². The van der Waals surface area contributed by atoms with Gasteiger partial charge in [-0.15, -0.1) is 0 Å². The van der Waals surface area contributed by atoms with Crippen LogP contribution in [0, 0.1) is 0 Å². The van der Waals surface area contributed by atoms with Gasteiger partial charge in [0.25, 0.3) is 0 Å². The number of benzene rings is 2. The molecule has 3 heterocycles. The maximum atomic E-state index is 11.5. The summed E-state index contributed by atoms with van der Waals surface area (Å²) in [6, 6.07) is 13.4. The zero-order chi connectivity index (χ0) is 16.8. The highest BCUT2D eigenvalue weighted by Crippen LogP contribution is 2.48. The van der Waals surface area contributed by atoms with Crippen LogP contribution in [-0.4, -0.2) is 32.0 Å². The van der Waals surface area contributed by atoms with Gasteiger partial charge in [-0.2, -0.15) is 0 Å². The second-order valence-corrected chi connectivity index (χ2v) is 7.60. The predicted molar refractivity (Wildman–Crippen MR) is 102 cm³/mol. The zero-order valence-corrected chi connectivity index (χ0v) is 14.5. The van der Waals surface area contributed by atoms with Crippen molar-refractivity contribution in [1.82, 2.24) is 5.32 Å². The van der Waals surface area contributed by atoms with Crippen molar-refractivity contribution < 1.29 is 4.79 Å². The largest absolute Gasteiger partial charge is 0.367 e. The molecule has 5 rings (SSSR count). The molecule has 0 aromatic heterocycles. The number of hydrogen-bond acceptors (Lipinski definition) is 3. The third-order valence-corrected chi connectivity index (χ3v) is 6.24. The third kappa shape index (κ3) is 2.33. The highest BCUT2D eigenvalue weighted by atomic mass is 16.1. The van der Waals surface area contributed by atoms with Gasteiger partial charge in [-0.1, -0.05) is 24.3 Å². The van der Waals surface area contributed by atoms with Gasteiger partial charge in [0, 0.05) is 36.3 Å². The standard InChI is InChI=1S/C22H24N2O/c25-14-16-6-1-2-7-18(16)17-11-15-5-3-4-10-24-21-8-9-23-13-20(21)19(12-17)22(15)24/h1-2,6-7,11-12,14,20-21,23H,3-5,8-10,13H2/t20-,21-/m0/s1. The lowest BCUT2D eigenvalue weighted by Crippen LogP contribution is -2.44. The Bertz CT molecular complexity index is 829. The molecule has 25 heavy (non-hydrogen) atoms. The van der Waals surface area contributed by atoms with E-state index in [0.717, 1.165) is 36.9 Å². The Balaban J connectivity index is 1.70. The van der Waals surface area contributed by atoms with Crippen LogP contribution in [0.2, 0.25) is 0 Å². The van der Waals surface area contributed by atoms with Crippen molar-refractivity contribution in [3.8, 4) is 11.1 Å². The molecule has 0 bridgehead atoms. The SMILES string of the molecule is O=Cc1ccccc1-c1cc2c3c(c1)[C@@H]1CNCC[C@@H]1N3CCCC2. The minimum atomic E-state index is 0.587. The molecule has 1 N–H and O–H groups in total. The van der Waals surface area contributed by atoms with E-state index in [1.54, 1.807) is 0 Å². The van der Waals surface area contributed by atoms with Crippen molar-refractivity contribution >= 4 is 12.0 Å². The molecular weight excluding hydrogens is 308 g/mol. The Morgan fingerprint density at radius 2 is 2.08 bits per heavy atom. The minimum absolute atomic E-state index is 0.587. The fraction of sp³-hybridized carbons (Fsp3) is 0.409. The molecule has 0 unspecified atom stereocenters. The number of carbonyl (C=O) groups excluding carboxylic acids is 1. The van der Waals surface area contributed by atoms with Gasteiger partial charge >= 0.3 is 0 Å². The van der Waals surface area contributed by atoms with Crippen LogP contribution in [-0.2, 0) is 6.42 Å². The summed E-state index contributed by atoms with van der Waals surface area (Å²) < 4.78 is 0. The molecule has 1 fully saturated rings. The Labute approximate surface area is 149 Å². The van der Waals surface area contributed by atoms with Crippen LogP contribution in [0.15, 0.2) is 36.4 Å². The summed E-state index contributed by atoms with van der Waals surface area (Å²) >= 11 is 0. The molecule has 0 amide bonds. The van der Waals surface area contributed by atoms with E-state index in [2.05, 4.69) is 28.4 Å². The van der Waals surface area contributed by atoms with Crippen LogP contribution in [0.4, 0.5) is 5.69 Å². The molecular formula is C22H24N2O. The maximum Gasteiger partial charge on any atom is 0.150 e. The number of nitrogens with one attached hydrogen (secondary N) is 1. The summed E-state index contributed by atoms with van der Waals surface area (Å²) in [6.07, 6.45) is 5.92.